The summed E-state index contributed by atoms with van der Waals surface area (Å²) in [4.78, 5) is 29.3. The molecule has 0 radical (unpaired) electrons. The fourth-order valence-corrected chi connectivity index (χ4v) is 9.14. The quantitative estimate of drug-likeness (QED) is 0.0461. The molecule has 0 unspecified atom stereocenters. The van der Waals surface area contributed by atoms with Gasteiger partial charge in [0.05, 0.1) is 53.8 Å². The van der Waals surface area contributed by atoms with Crippen molar-refractivity contribution in [2.75, 3.05) is 74.7 Å². The molecule has 0 atom stereocenters. The number of nitrogen functional groups attached to an aromatic ring is 2. The summed E-state index contributed by atoms with van der Waals surface area (Å²) in [6, 6.07) is 33.1. The Kier molecular flexibility index (Phi) is 18.0. The molecule has 0 aliphatic carbocycles. The first-order valence-electron chi connectivity index (χ1n) is 23.8. The van der Waals surface area contributed by atoms with Gasteiger partial charge in [-0.15, -0.1) is 6.42 Å². The van der Waals surface area contributed by atoms with Gasteiger partial charge in [0.25, 0.3) is 18.2 Å². The van der Waals surface area contributed by atoms with Gasteiger partial charge in [-0.1, -0.05) is 54.2 Å². The maximum Gasteiger partial charge on any atom is 0.416 e. The molecular formula is C56H50F5IN10O4. The Morgan fingerprint density at radius 3 is 1.76 bits per heavy atom. The van der Waals surface area contributed by atoms with Crippen molar-refractivity contribution in [1.82, 2.24) is 30.2 Å². The molecule has 2 fully saturated rings. The minimum atomic E-state index is -4.56. The van der Waals surface area contributed by atoms with Crippen molar-refractivity contribution in [3.8, 4) is 24.2 Å². The topological polar surface area (TPSA) is 193 Å². The van der Waals surface area contributed by atoms with Crippen molar-refractivity contribution in [2.45, 2.75) is 25.7 Å². The molecule has 20 heteroatoms. The Labute approximate surface area is 447 Å². The summed E-state index contributed by atoms with van der Waals surface area (Å²) in [5.41, 5.74) is 16.0. The van der Waals surface area contributed by atoms with E-state index in [1.54, 1.807) is 60.7 Å². The zero-order chi connectivity index (χ0) is 53.8. The molecule has 8 aromatic rings. The van der Waals surface area contributed by atoms with Gasteiger partial charge >= 0.3 is 6.18 Å². The van der Waals surface area contributed by atoms with E-state index in [1.807, 2.05) is 41.3 Å². The van der Waals surface area contributed by atoms with E-state index < -0.39 is 30.0 Å². The second-order valence-corrected chi connectivity index (χ2v) is 18.6. The summed E-state index contributed by atoms with van der Waals surface area (Å²) in [6.07, 6.45) is -1.84. The fourth-order valence-electron chi connectivity index (χ4n) is 8.37. The predicted molar refractivity (Wildman–Crippen MR) is 291 cm³/mol. The summed E-state index contributed by atoms with van der Waals surface area (Å²) in [6.45, 7) is 5.35. The number of aromatic amines is 2. The van der Waals surface area contributed by atoms with Crippen LogP contribution in [0.3, 0.4) is 0 Å². The van der Waals surface area contributed by atoms with Gasteiger partial charge in [-0.25, -0.2) is 8.78 Å². The number of morpholine rings is 2. The van der Waals surface area contributed by atoms with E-state index in [0.29, 0.717) is 110 Å². The first kappa shape index (κ1) is 54.4. The van der Waals surface area contributed by atoms with E-state index >= 15 is 0 Å². The van der Waals surface area contributed by atoms with Crippen molar-refractivity contribution in [3.05, 3.63) is 175 Å². The zero-order valence-electron chi connectivity index (χ0n) is 40.6. The zero-order valence-corrected chi connectivity index (χ0v) is 42.8. The van der Waals surface area contributed by atoms with Gasteiger partial charge in [0, 0.05) is 87.6 Å². The van der Waals surface area contributed by atoms with Crippen LogP contribution in [0.2, 0.25) is 0 Å². The summed E-state index contributed by atoms with van der Waals surface area (Å²) in [5.74, 6) is 8.51. The van der Waals surface area contributed by atoms with E-state index in [0.717, 1.165) is 26.1 Å². The maximum atomic E-state index is 13.8. The van der Waals surface area contributed by atoms with E-state index in [1.165, 1.54) is 18.2 Å². The number of ether oxygens (including phenoxy) is 2. The predicted octanol–water partition coefficient (Wildman–Crippen LogP) is 10.1. The van der Waals surface area contributed by atoms with Crippen molar-refractivity contribution in [3.63, 3.8) is 0 Å². The number of anilines is 4. The van der Waals surface area contributed by atoms with E-state index in [9.17, 15) is 31.5 Å². The van der Waals surface area contributed by atoms with Crippen molar-refractivity contribution >= 4 is 79.2 Å². The molecule has 2 aromatic heterocycles. The number of hydrogen-bond donors (Lipinski definition) is 6. The number of nitrogens with zero attached hydrogens (tertiary/aromatic N) is 4. The largest absolute Gasteiger partial charge is 0.416 e. The number of halogens is 6. The average Bonchev–Trinajstić information content (AvgIpc) is 4.02. The van der Waals surface area contributed by atoms with Crippen LogP contribution >= 0.6 is 22.6 Å². The van der Waals surface area contributed by atoms with E-state index in [4.69, 9.17) is 27.4 Å². The summed E-state index contributed by atoms with van der Waals surface area (Å²) in [7, 11) is 0. The Morgan fingerprint density at radius 1 is 0.671 bits per heavy atom. The van der Waals surface area contributed by atoms with E-state index in [2.05, 4.69) is 76.3 Å². The molecule has 10 rings (SSSR count). The standard InChI is InChI=1S/C28H24F3N5O2.C21H20F2N2O2.C7H6IN3/c29-28(30,31)23-16-22(10-9-21(23)17-36-11-13-38-14-12-36)33-27(37)20-5-1-3-18(15-20)7-8-19-4-2-6-24-25(19)26(32)35-34-24;1-2-15-4-3-5-16(12-15)21(26)24-18-7-6-17(19(13-18)20(22)23)14-25-8-10-27-11-9-25;8-4-2-1-3-5-6(4)7(9)11-10-5/h1-6,9-10,15-16H,11-14,17H2,(H,33,37)(H3,32,34,35);1,3-7,12-13,20H,8-11,14H2,(H,24,26);1-3H,(H3,9,10,11). The van der Waals surface area contributed by atoms with Crippen LogP contribution in [0.4, 0.5) is 45.0 Å². The Hall–Kier alpha value is -7.86. The van der Waals surface area contributed by atoms with Crippen LogP contribution in [0.15, 0.2) is 121 Å². The lowest BCUT2D eigenvalue weighted by Crippen LogP contribution is -2.36. The third-order valence-electron chi connectivity index (χ3n) is 12.2. The highest BCUT2D eigenvalue weighted by Crippen LogP contribution is 2.35. The van der Waals surface area contributed by atoms with Gasteiger partial charge in [-0.3, -0.25) is 29.6 Å². The number of nitrogens with one attached hydrogen (secondary N) is 4. The number of hydrogen-bond acceptors (Lipinski definition) is 10. The Balaban J connectivity index is 0.000000174. The first-order valence-corrected chi connectivity index (χ1v) is 24.8. The third-order valence-corrected chi connectivity index (χ3v) is 13.1. The number of carbonyl (C=O) groups excluding carboxylic acids is 2. The van der Waals surface area contributed by atoms with Crippen LogP contribution in [0.1, 0.15) is 66.1 Å². The molecule has 2 amide bonds. The van der Waals surface area contributed by atoms with Gasteiger partial charge in [0.15, 0.2) is 11.6 Å². The molecule has 4 heterocycles. The fraction of sp³-hybridized carbons (Fsp3) is 0.214. The summed E-state index contributed by atoms with van der Waals surface area (Å²) < 4.78 is 80.3. The third kappa shape index (κ3) is 14.1. The van der Waals surface area contributed by atoms with Crippen molar-refractivity contribution in [1.29, 1.82) is 0 Å². The summed E-state index contributed by atoms with van der Waals surface area (Å²) >= 11 is 2.24. The highest BCUT2D eigenvalue weighted by Gasteiger charge is 2.34. The highest BCUT2D eigenvalue weighted by molar-refractivity contribution is 14.1. The van der Waals surface area contributed by atoms with Gasteiger partial charge in [-0.05, 0) is 119 Å². The van der Waals surface area contributed by atoms with Crippen molar-refractivity contribution < 1.29 is 41.0 Å². The Bertz CT molecular complexity index is 3460. The van der Waals surface area contributed by atoms with Crippen LogP contribution in [0, 0.1) is 27.8 Å². The number of carbonyl (C=O) groups is 2. The molecule has 2 aliphatic heterocycles. The molecule has 0 saturated carbocycles. The Morgan fingerprint density at radius 2 is 1.18 bits per heavy atom. The van der Waals surface area contributed by atoms with Crippen LogP contribution in [0.25, 0.3) is 21.8 Å². The normalized spacial score (nSPS) is 13.9. The second kappa shape index (κ2) is 25.1. The molecule has 2 aliphatic rings. The lowest BCUT2D eigenvalue weighted by atomic mass is 10.0. The molecule has 14 nitrogen and oxygen atoms in total. The number of H-pyrrole nitrogens is 2. The van der Waals surface area contributed by atoms with Gasteiger partial charge in [0.2, 0.25) is 0 Å². The smallest absolute Gasteiger partial charge is 0.382 e. The number of rotatable bonds is 9. The average molecular weight is 1150 g/mol. The number of benzene rings is 6. The van der Waals surface area contributed by atoms with Crippen molar-refractivity contribution in [2.24, 2.45) is 0 Å². The molecule has 6 aromatic carbocycles. The molecule has 0 bridgehead atoms. The summed E-state index contributed by atoms with van der Waals surface area (Å²) in [5, 5.41) is 20.6. The van der Waals surface area contributed by atoms with Crippen LogP contribution < -0.4 is 22.1 Å². The number of terminal acetylenes is 1. The molecule has 390 valence electrons. The van der Waals surface area contributed by atoms with Gasteiger partial charge in [-0.2, -0.15) is 23.4 Å². The maximum absolute atomic E-state index is 13.8. The molecule has 0 spiro atoms. The number of amides is 2. The minimum Gasteiger partial charge on any atom is -0.382 e. The second-order valence-electron chi connectivity index (χ2n) is 17.4. The monoisotopic (exact) mass is 1150 g/mol. The number of alkyl halides is 5. The van der Waals surface area contributed by atoms with Crippen LogP contribution in [0.5, 0.6) is 0 Å². The van der Waals surface area contributed by atoms with Gasteiger partial charge < -0.3 is 31.6 Å². The molecule has 76 heavy (non-hydrogen) atoms. The molecule has 8 N–H and O–H groups in total. The molecule has 2 saturated heterocycles. The SMILES string of the molecule is C#Cc1cccc(C(=O)Nc2ccc(CN3CCOCC3)c(C(F)F)c2)c1.Nc1n[nH]c2cccc(C#Cc3cccc(C(=O)Nc4ccc(CN5CCOCC5)c(C(F)(F)F)c4)c3)c12.Nc1n[nH]c2cccc(I)c12. The highest BCUT2D eigenvalue weighted by atomic mass is 127. The minimum absolute atomic E-state index is 0.0617. The van der Waals surface area contributed by atoms with Crippen LogP contribution in [-0.4, -0.2) is 94.6 Å². The van der Waals surface area contributed by atoms with Gasteiger partial charge in [0.1, 0.15) is 0 Å². The van der Waals surface area contributed by atoms with Crippen LogP contribution in [-0.2, 0) is 28.7 Å². The number of nitrogens with two attached hydrogens (primary N) is 2. The van der Waals surface area contributed by atoms with E-state index in [-0.39, 0.29) is 28.9 Å². The molecular weight excluding hydrogens is 1100 g/mol. The lowest BCUT2D eigenvalue weighted by Gasteiger charge is -2.27. The lowest BCUT2D eigenvalue weighted by molar-refractivity contribution is -0.138. The first-order chi connectivity index (χ1) is 36.6. The number of aromatic nitrogens is 4. The number of fused-ring (bicyclic) bond motifs is 2.